The lowest BCUT2D eigenvalue weighted by Gasteiger charge is -2.04. The standard InChI is InChI=1S/C10H12N2O4/c1-2-5-11-10(14)8-4-3-7(13)6-9(8)12(15)16/h3-4,6,13H,2,5H2,1H3,(H,11,14). The number of carbonyl (C=O) groups excluding carboxylic acids is 1. The van der Waals surface area contributed by atoms with Crippen LogP contribution >= 0.6 is 0 Å². The number of amides is 1. The van der Waals surface area contributed by atoms with Crippen LogP contribution in [0.3, 0.4) is 0 Å². The van der Waals surface area contributed by atoms with E-state index in [1.54, 1.807) is 0 Å². The lowest BCUT2D eigenvalue weighted by atomic mass is 10.1. The highest BCUT2D eigenvalue weighted by Crippen LogP contribution is 2.23. The number of benzene rings is 1. The van der Waals surface area contributed by atoms with Crippen molar-refractivity contribution in [2.45, 2.75) is 13.3 Å². The molecule has 2 N–H and O–H groups in total. The van der Waals surface area contributed by atoms with Crippen molar-refractivity contribution in [2.24, 2.45) is 0 Å². The molecule has 86 valence electrons. The third kappa shape index (κ3) is 2.69. The Balaban J connectivity index is 3.03. The van der Waals surface area contributed by atoms with Crippen molar-refractivity contribution in [1.82, 2.24) is 5.32 Å². The van der Waals surface area contributed by atoms with E-state index in [1.165, 1.54) is 12.1 Å². The van der Waals surface area contributed by atoms with Gasteiger partial charge in [-0.2, -0.15) is 0 Å². The second-order valence-corrected chi connectivity index (χ2v) is 3.21. The highest BCUT2D eigenvalue weighted by molar-refractivity contribution is 5.98. The maximum atomic E-state index is 11.5. The molecule has 0 bridgehead atoms. The first-order valence-corrected chi connectivity index (χ1v) is 4.82. The van der Waals surface area contributed by atoms with Crippen LogP contribution in [0, 0.1) is 10.1 Å². The molecule has 16 heavy (non-hydrogen) atoms. The SMILES string of the molecule is CCCNC(=O)c1ccc(O)cc1[N+](=O)[O-]. The van der Waals surface area contributed by atoms with Gasteiger partial charge < -0.3 is 10.4 Å². The van der Waals surface area contributed by atoms with E-state index in [0.29, 0.717) is 6.54 Å². The Morgan fingerprint density at radius 3 is 2.81 bits per heavy atom. The Bertz CT molecular complexity index is 417. The Kier molecular flexibility index (Phi) is 3.82. The first-order chi connectivity index (χ1) is 7.56. The van der Waals surface area contributed by atoms with E-state index in [9.17, 15) is 14.9 Å². The molecule has 0 radical (unpaired) electrons. The number of rotatable bonds is 4. The maximum Gasteiger partial charge on any atom is 0.285 e. The number of hydrogen-bond donors (Lipinski definition) is 2. The predicted molar refractivity (Wildman–Crippen MR) is 57.4 cm³/mol. The van der Waals surface area contributed by atoms with E-state index in [2.05, 4.69) is 5.32 Å². The van der Waals surface area contributed by atoms with Crippen LogP contribution in [-0.2, 0) is 0 Å². The lowest BCUT2D eigenvalue weighted by molar-refractivity contribution is -0.385. The van der Waals surface area contributed by atoms with Gasteiger partial charge in [-0.15, -0.1) is 0 Å². The molecule has 0 fully saturated rings. The Hall–Kier alpha value is -2.11. The minimum atomic E-state index is -0.694. The quantitative estimate of drug-likeness (QED) is 0.597. The highest BCUT2D eigenvalue weighted by atomic mass is 16.6. The van der Waals surface area contributed by atoms with Crippen LogP contribution in [-0.4, -0.2) is 22.5 Å². The average molecular weight is 224 g/mol. The molecule has 1 aromatic carbocycles. The van der Waals surface area contributed by atoms with Crippen LogP contribution in [0.4, 0.5) is 5.69 Å². The van der Waals surface area contributed by atoms with Gasteiger partial charge in [-0.1, -0.05) is 6.92 Å². The second-order valence-electron chi connectivity index (χ2n) is 3.21. The van der Waals surface area contributed by atoms with Crippen molar-refractivity contribution in [3.63, 3.8) is 0 Å². The van der Waals surface area contributed by atoms with Crippen LogP contribution in [0.2, 0.25) is 0 Å². The van der Waals surface area contributed by atoms with E-state index in [4.69, 9.17) is 5.11 Å². The summed E-state index contributed by atoms with van der Waals surface area (Å²) in [5.74, 6) is -0.743. The minimum Gasteiger partial charge on any atom is -0.508 e. The zero-order valence-electron chi connectivity index (χ0n) is 8.77. The number of nitrogens with zero attached hydrogens (tertiary/aromatic N) is 1. The van der Waals surface area contributed by atoms with Gasteiger partial charge in [-0.05, 0) is 18.6 Å². The molecule has 0 unspecified atom stereocenters. The zero-order chi connectivity index (χ0) is 12.1. The number of nitrogens with one attached hydrogen (secondary N) is 1. The number of aromatic hydroxyl groups is 1. The number of phenolic OH excluding ortho intramolecular Hbond substituents is 1. The van der Waals surface area contributed by atoms with Gasteiger partial charge >= 0.3 is 0 Å². The Morgan fingerprint density at radius 1 is 1.56 bits per heavy atom. The summed E-state index contributed by atoms with van der Waals surface area (Å²) in [6.45, 7) is 2.34. The monoisotopic (exact) mass is 224 g/mol. The fourth-order valence-electron chi connectivity index (χ4n) is 1.20. The zero-order valence-corrected chi connectivity index (χ0v) is 8.77. The van der Waals surface area contributed by atoms with Crippen LogP contribution in [0.1, 0.15) is 23.7 Å². The molecule has 0 aliphatic heterocycles. The largest absolute Gasteiger partial charge is 0.508 e. The van der Waals surface area contributed by atoms with Crippen LogP contribution in [0.5, 0.6) is 5.75 Å². The summed E-state index contributed by atoms with van der Waals surface area (Å²) < 4.78 is 0. The van der Waals surface area contributed by atoms with Crippen LogP contribution < -0.4 is 5.32 Å². The van der Waals surface area contributed by atoms with Crippen LogP contribution in [0.15, 0.2) is 18.2 Å². The van der Waals surface area contributed by atoms with Gasteiger partial charge in [0.1, 0.15) is 11.3 Å². The molecule has 6 heteroatoms. The minimum absolute atomic E-state index is 0.0451. The molecule has 0 saturated heterocycles. The molecule has 0 spiro atoms. The second kappa shape index (κ2) is 5.11. The number of nitro benzene ring substituents is 1. The topological polar surface area (TPSA) is 92.5 Å². The third-order valence-electron chi connectivity index (χ3n) is 1.96. The third-order valence-corrected chi connectivity index (χ3v) is 1.96. The van der Waals surface area contributed by atoms with E-state index >= 15 is 0 Å². The summed E-state index contributed by atoms with van der Waals surface area (Å²) in [6.07, 6.45) is 0.748. The average Bonchev–Trinajstić information content (AvgIpc) is 2.25. The number of carbonyl (C=O) groups is 1. The molecule has 1 aromatic rings. The molecule has 0 heterocycles. The van der Waals surface area contributed by atoms with Gasteiger partial charge in [0.05, 0.1) is 11.0 Å². The van der Waals surface area contributed by atoms with Crippen molar-refractivity contribution in [2.75, 3.05) is 6.54 Å². The smallest absolute Gasteiger partial charge is 0.285 e. The van der Waals surface area contributed by atoms with Crippen molar-refractivity contribution in [3.8, 4) is 5.75 Å². The van der Waals surface area contributed by atoms with Crippen LogP contribution in [0.25, 0.3) is 0 Å². The fourth-order valence-corrected chi connectivity index (χ4v) is 1.20. The van der Waals surface area contributed by atoms with E-state index < -0.39 is 16.5 Å². The Morgan fingerprint density at radius 2 is 2.25 bits per heavy atom. The molecule has 0 saturated carbocycles. The molecular weight excluding hydrogens is 212 g/mol. The van der Waals surface area contributed by atoms with Crippen molar-refractivity contribution < 1.29 is 14.8 Å². The number of phenols is 1. The van der Waals surface area contributed by atoms with Gasteiger partial charge in [0.25, 0.3) is 11.6 Å². The molecule has 1 rings (SSSR count). The summed E-state index contributed by atoms with van der Waals surface area (Å²) in [5.41, 5.74) is -0.440. The summed E-state index contributed by atoms with van der Waals surface area (Å²) in [5, 5.41) is 22.3. The number of hydrogen-bond acceptors (Lipinski definition) is 4. The molecule has 0 aliphatic carbocycles. The van der Waals surface area contributed by atoms with Gasteiger partial charge in [0, 0.05) is 6.54 Å². The molecule has 0 aromatic heterocycles. The first-order valence-electron chi connectivity index (χ1n) is 4.82. The van der Waals surface area contributed by atoms with E-state index in [0.717, 1.165) is 12.5 Å². The van der Waals surface area contributed by atoms with E-state index in [-0.39, 0.29) is 11.3 Å². The summed E-state index contributed by atoms with van der Waals surface area (Å²) in [4.78, 5) is 21.5. The molecule has 0 aliphatic rings. The Labute approximate surface area is 92.0 Å². The van der Waals surface area contributed by atoms with Crippen molar-refractivity contribution >= 4 is 11.6 Å². The number of nitro groups is 1. The maximum absolute atomic E-state index is 11.5. The molecule has 6 nitrogen and oxygen atoms in total. The first kappa shape index (κ1) is 12.0. The van der Waals surface area contributed by atoms with Gasteiger partial charge in [-0.3, -0.25) is 14.9 Å². The molecule has 1 amide bonds. The summed E-state index contributed by atoms with van der Waals surface area (Å²) in [7, 11) is 0. The summed E-state index contributed by atoms with van der Waals surface area (Å²) in [6, 6.07) is 3.44. The van der Waals surface area contributed by atoms with Gasteiger partial charge in [-0.25, -0.2) is 0 Å². The molecular formula is C10H12N2O4. The normalized spacial score (nSPS) is 9.81. The van der Waals surface area contributed by atoms with Crippen molar-refractivity contribution in [1.29, 1.82) is 0 Å². The fraction of sp³-hybridized carbons (Fsp3) is 0.300. The summed E-state index contributed by atoms with van der Waals surface area (Å²) >= 11 is 0. The molecule has 0 atom stereocenters. The van der Waals surface area contributed by atoms with Gasteiger partial charge in [0.2, 0.25) is 0 Å². The predicted octanol–water partition coefficient (Wildman–Crippen LogP) is 1.44. The van der Waals surface area contributed by atoms with Gasteiger partial charge in [0.15, 0.2) is 0 Å². The van der Waals surface area contributed by atoms with E-state index in [1.807, 2.05) is 6.92 Å². The highest BCUT2D eigenvalue weighted by Gasteiger charge is 2.20. The van der Waals surface area contributed by atoms with Crippen molar-refractivity contribution in [3.05, 3.63) is 33.9 Å². The lowest BCUT2D eigenvalue weighted by Crippen LogP contribution is -2.24.